The molecule has 0 fully saturated rings. The second-order valence-electron chi connectivity index (χ2n) is 6.13. The molecule has 2 aromatic carbocycles. The Labute approximate surface area is 160 Å². The van der Waals surface area contributed by atoms with Gasteiger partial charge in [0.25, 0.3) is 5.56 Å². The SMILES string of the molecule is COC(=O)C(C)n1c(C#N)c(-c2cccc(F)c2)c2cc(OC)ccc2c1=O. The van der Waals surface area contributed by atoms with Gasteiger partial charge in [0.15, 0.2) is 0 Å². The number of rotatable bonds is 4. The van der Waals surface area contributed by atoms with Gasteiger partial charge < -0.3 is 9.47 Å². The van der Waals surface area contributed by atoms with Crippen LogP contribution in [0.1, 0.15) is 18.7 Å². The summed E-state index contributed by atoms with van der Waals surface area (Å²) in [6, 6.07) is 11.4. The lowest BCUT2D eigenvalue weighted by molar-refractivity contribution is -0.144. The molecule has 0 radical (unpaired) electrons. The summed E-state index contributed by atoms with van der Waals surface area (Å²) in [7, 11) is 2.68. The van der Waals surface area contributed by atoms with Crippen molar-refractivity contribution in [2.24, 2.45) is 0 Å². The van der Waals surface area contributed by atoms with Crippen molar-refractivity contribution in [1.82, 2.24) is 4.57 Å². The molecule has 1 unspecified atom stereocenters. The number of nitriles is 1. The molecule has 28 heavy (non-hydrogen) atoms. The third-order valence-corrected chi connectivity index (χ3v) is 4.57. The maximum Gasteiger partial charge on any atom is 0.328 e. The molecule has 6 nitrogen and oxygen atoms in total. The lowest BCUT2D eigenvalue weighted by Gasteiger charge is -2.20. The highest BCUT2D eigenvalue weighted by atomic mass is 19.1. The largest absolute Gasteiger partial charge is 0.497 e. The van der Waals surface area contributed by atoms with Crippen molar-refractivity contribution in [2.75, 3.05) is 14.2 Å². The number of benzene rings is 2. The van der Waals surface area contributed by atoms with Crippen molar-refractivity contribution in [2.45, 2.75) is 13.0 Å². The molecule has 0 aliphatic heterocycles. The van der Waals surface area contributed by atoms with Crippen molar-refractivity contribution in [3.63, 3.8) is 0 Å². The van der Waals surface area contributed by atoms with Gasteiger partial charge in [0.05, 0.1) is 14.2 Å². The highest BCUT2D eigenvalue weighted by Crippen LogP contribution is 2.34. The van der Waals surface area contributed by atoms with Gasteiger partial charge in [0.1, 0.15) is 29.4 Å². The van der Waals surface area contributed by atoms with Crippen molar-refractivity contribution in [1.29, 1.82) is 5.26 Å². The van der Waals surface area contributed by atoms with Crippen molar-refractivity contribution >= 4 is 16.7 Å². The summed E-state index contributed by atoms with van der Waals surface area (Å²) in [5.74, 6) is -0.680. The van der Waals surface area contributed by atoms with E-state index >= 15 is 0 Å². The van der Waals surface area contributed by atoms with Crippen LogP contribution in [0.25, 0.3) is 21.9 Å². The van der Waals surface area contributed by atoms with Crippen LogP contribution < -0.4 is 10.3 Å². The van der Waals surface area contributed by atoms with E-state index in [-0.39, 0.29) is 11.1 Å². The highest BCUT2D eigenvalue weighted by molar-refractivity contribution is 5.99. The lowest BCUT2D eigenvalue weighted by Crippen LogP contribution is -2.31. The summed E-state index contributed by atoms with van der Waals surface area (Å²) in [5, 5.41) is 10.6. The van der Waals surface area contributed by atoms with Crippen molar-refractivity contribution in [3.05, 3.63) is 64.3 Å². The standard InChI is InChI=1S/C21H17FN2O4/c1-12(21(26)28-3)24-18(11-23)19(13-5-4-6-14(22)9-13)17-10-15(27-2)7-8-16(17)20(24)25/h4-10,12H,1-3H3. The maximum absolute atomic E-state index is 13.9. The van der Waals surface area contributed by atoms with Gasteiger partial charge in [-0.1, -0.05) is 12.1 Å². The van der Waals surface area contributed by atoms with Crippen molar-refractivity contribution < 1.29 is 18.7 Å². The first-order valence-electron chi connectivity index (χ1n) is 8.43. The topological polar surface area (TPSA) is 81.3 Å². The Bertz CT molecular complexity index is 1180. The van der Waals surface area contributed by atoms with Crippen LogP contribution in [0.2, 0.25) is 0 Å². The van der Waals surface area contributed by atoms with E-state index < -0.39 is 23.4 Å². The number of halogens is 1. The molecule has 1 aromatic heterocycles. The number of fused-ring (bicyclic) bond motifs is 1. The van der Waals surface area contributed by atoms with E-state index in [9.17, 15) is 19.2 Å². The minimum Gasteiger partial charge on any atom is -0.497 e. The highest BCUT2D eigenvalue weighted by Gasteiger charge is 2.25. The van der Waals surface area contributed by atoms with Gasteiger partial charge in [0, 0.05) is 16.3 Å². The Morgan fingerprint density at radius 3 is 2.54 bits per heavy atom. The van der Waals surface area contributed by atoms with Gasteiger partial charge in [-0.05, 0) is 42.8 Å². The second kappa shape index (κ2) is 7.53. The Morgan fingerprint density at radius 2 is 1.93 bits per heavy atom. The molecule has 0 saturated heterocycles. The molecule has 0 aliphatic carbocycles. The fourth-order valence-electron chi connectivity index (χ4n) is 3.21. The first-order valence-corrected chi connectivity index (χ1v) is 8.43. The van der Waals surface area contributed by atoms with Crippen molar-refractivity contribution in [3.8, 4) is 22.9 Å². The van der Waals surface area contributed by atoms with Crippen LogP contribution in [-0.2, 0) is 9.53 Å². The Hall–Kier alpha value is -3.66. The molecule has 3 aromatic rings. The Morgan fingerprint density at radius 1 is 1.18 bits per heavy atom. The molecule has 1 atom stereocenters. The van der Waals surface area contributed by atoms with E-state index in [2.05, 4.69) is 0 Å². The molecule has 0 aliphatic rings. The molecule has 0 saturated carbocycles. The third-order valence-electron chi connectivity index (χ3n) is 4.57. The third kappa shape index (κ3) is 3.09. The first-order chi connectivity index (χ1) is 13.4. The summed E-state index contributed by atoms with van der Waals surface area (Å²) in [5.41, 5.74) is 0.161. The number of aromatic nitrogens is 1. The van der Waals surface area contributed by atoms with Gasteiger partial charge in [-0.2, -0.15) is 5.26 Å². The zero-order chi connectivity index (χ0) is 20.4. The summed E-state index contributed by atoms with van der Waals surface area (Å²) in [6.45, 7) is 1.47. The van der Waals surface area contributed by atoms with Gasteiger partial charge in [-0.3, -0.25) is 9.36 Å². The van der Waals surface area contributed by atoms with Crippen LogP contribution in [0.15, 0.2) is 47.3 Å². The van der Waals surface area contributed by atoms with Crippen LogP contribution in [0.3, 0.4) is 0 Å². The fraction of sp³-hybridized carbons (Fsp3) is 0.190. The Kier molecular flexibility index (Phi) is 5.14. The first kappa shape index (κ1) is 19.1. The summed E-state index contributed by atoms with van der Waals surface area (Å²) in [4.78, 5) is 25.2. The predicted octanol–water partition coefficient (Wildman–Crippen LogP) is 3.42. The van der Waals surface area contributed by atoms with Gasteiger partial charge in [-0.25, -0.2) is 9.18 Å². The zero-order valence-corrected chi connectivity index (χ0v) is 15.5. The van der Waals surface area contributed by atoms with Crippen LogP contribution in [-0.4, -0.2) is 24.8 Å². The number of nitrogens with zero attached hydrogens (tertiary/aromatic N) is 2. The number of pyridine rings is 1. The molecule has 1 heterocycles. The van der Waals surface area contributed by atoms with E-state index in [0.29, 0.717) is 22.3 Å². The average Bonchev–Trinajstić information content (AvgIpc) is 2.71. The number of methoxy groups -OCH3 is 2. The summed E-state index contributed by atoms with van der Waals surface area (Å²) < 4.78 is 25.0. The normalized spacial score (nSPS) is 11.7. The molecule has 7 heteroatoms. The smallest absolute Gasteiger partial charge is 0.328 e. The van der Waals surface area contributed by atoms with E-state index in [1.54, 1.807) is 24.3 Å². The van der Waals surface area contributed by atoms with Gasteiger partial charge in [-0.15, -0.1) is 0 Å². The molecule has 3 rings (SSSR count). The molecule has 0 spiro atoms. The predicted molar refractivity (Wildman–Crippen MR) is 102 cm³/mol. The minimum atomic E-state index is -1.04. The minimum absolute atomic E-state index is 0.0609. The number of carbonyl (C=O) groups is 1. The number of hydrogen-bond acceptors (Lipinski definition) is 5. The molecular weight excluding hydrogens is 363 g/mol. The van der Waals surface area contributed by atoms with Crippen LogP contribution in [0.5, 0.6) is 5.75 Å². The molecule has 0 N–H and O–H groups in total. The molecule has 0 bridgehead atoms. The monoisotopic (exact) mass is 380 g/mol. The molecule has 142 valence electrons. The summed E-state index contributed by atoms with van der Waals surface area (Å²) >= 11 is 0. The number of carbonyl (C=O) groups excluding carboxylic acids is 1. The van der Waals surface area contributed by atoms with Gasteiger partial charge in [0.2, 0.25) is 0 Å². The van der Waals surface area contributed by atoms with Gasteiger partial charge >= 0.3 is 5.97 Å². The molecular formula is C21H17FN2O4. The number of esters is 1. The zero-order valence-electron chi connectivity index (χ0n) is 15.5. The lowest BCUT2D eigenvalue weighted by atomic mass is 9.96. The number of ether oxygens (including phenoxy) is 2. The maximum atomic E-state index is 13.9. The average molecular weight is 380 g/mol. The van der Waals surface area contributed by atoms with E-state index in [4.69, 9.17) is 9.47 Å². The number of hydrogen-bond donors (Lipinski definition) is 0. The quantitative estimate of drug-likeness (QED) is 0.648. The van der Waals surface area contributed by atoms with Crippen LogP contribution in [0.4, 0.5) is 4.39 Å². The summed E-state index contributed by atoms with van der Waals surface area (Å²) in [6.07, 6.45) is 0. The fourth-order valence-corrected chi connectivity index (χ4v) is 3.21. The van der Waals surface area contributed by atoms with Crippen LogP contribution >= 0.6 is 0 Å². The molecule has 0 amide bonds. The second-order valence-corrected chi connectivity index (χ2v) is 6.13. The van der Waals surface area contributed by atoms with E-state index in [1.807, 2.05) is 6.07 Å². The van der Waals surface area contributed by atoms with E-state index in [1.165, 1.54) is 39.3 Å². The Balaban J connectivity index is 2.53. The van der Waals surface area contributed by atoms with E-state index in [0.717, 1.165) is 4.57 Å². The van der Waals surface area contributed by atoms with Crippen LogP contribution in [0, 0.1) is 17.1 Å².